The molecule has 0 radical (unpaired) electrons. The molecule has 2 aromatic rings. The van der Waals surface area contributed by atoms with E-state index in [1.165, 1.54) is 11.3 Å². The second-order valence-corrected chi connectivity index (χ2v) is 5.04. The topological polar surface area (TPSA) is 49.8 Å². The minimum absolute atomic E-state index is 0.570. The number of pyridine rings is 1. The lowest BCUT2D eigenvalue weighted by Gasteiger charge is -2.22. The van der Waals surface area contributed by atoms with Crippen molar-refractivity contribution in [3.05, 3.63) is 54.4 Å². The molecule has 0 spiro atoms. The van der Waals surface area contributed by atoms with Crippen LogP contribution >= 0.6 is 0 Å². The van der Waals surface area contributed by atoms with Crippen LogP contribution in [0.5, 0.6) is 5.75 Å². The predicted molar refractivity (Wildman–Crippen MR) is 88.6 cm³/mol. The maximum absolute atomic E-state index is 5.63. The minimum Gasteiger partial charge on any atom is -0.490 e. The first-order chi connectivity index (χ1) is 10.9. The third-order valence-corrected chi connectivity index (χ3v) is 3.64. The van der Waals surface area contributed by atoms with Crippen molar-refractivity contribution in [3.8, 4) is 5.75 Å². The number of rotatable bonds is 4. The molecule has 0 bridgehead atoms. The maximum Gasteiger partial charge on any atom is 0.198 e. The molecule has 5 heteroatoms. The molecule has 1 aromatic carbocycles. The van der Waals surface area contributed by atoms with Crippen LogP contribution in [0.4, 0.5) is 5.69 Å². The third-order valence-electron chi connectivity index (χ3n) is 3.64. The van der Waals surface area contributed by atoms with Gasteiger partial charge in [0.05, 0.1) is 12.7 Å². The lowest BCUT2D eigenvalue weighted by molar-refractivity contribution is 0.321. The van der Waals surface area contributed by atoms with Gasteiger partial charge in [0.2, 0.25) is 0 Å². The van der Waals surface area contributed by atoms with Crippen molar-refractivity contribution < 1.29 is 4.74 Å². The lowest BCUT2D eigenvalue weighted by Crippen LogP contribution is -2.42. The summed E-state index contributed by atoms with van der Waals surface area (Å²) in [4.78, 5) is 10.6. The molecular weight excluding hydrogens is 276 g/mol. The SMILES string of the molecule is CN=C(NCCOc1cccnc1)N1CCc2ccccc21. The van der Waals surface area contributed by atoms with E-state index in [-0.39, 0.29) is 0 Å². The number of anilines is 1. The standard InChI is InChI=1S/C17H20N4O/c1-18-17(20-10-12-22-15-6-4-9-19-13-15)21-11-8-14-5-2-3-7-16(14)21/h2-7,9,13H,8,10-12H2,1H3,(H,18,20). The highest BCUT2D eigenvalue weighted by atomic mass is 16.5. The number of benzene rings is 1. The summed E-state index contributed by atoms with van der Waals surface area (Å²) in [7, 11) is 1.81. The number of nitrogens with zero attached hydrogens (tertiary/aromatic N) is 3. The van der Waals surface area contributed by atoms with Crippen molar-refractivity contribution in [2.24, 2.45) is 4.99 Å². The quantitative estimate of drug-likeness (QED) is 0.533. The number of hydrogen-bond acceptors (Lipinski definition) is 3. The van der Waals surface area contributed by atoms with Gasteiger partial charge in [0.1, 0.15) is 12.4 Å². The van der Waals surface area contributed by atoms with E-state index >= 15 is 0 Å². The average Bonchev–Trinajstić information content (AvgIpc) is 3.00. The fourth-order valence-electron chi connectivity index (χ4n) is 2.62. The van der Waals surface area contributed by atoms with Crippen molar-refractivity contribution in [2.45, 2.75) is 6.42 Å². The monoisotopic (exact) mass is 296 g/mol. The molecular formula is C17H20N4O. The Morgan fingerprint density at radius 1 is 1.32 bits per heavy atom. The van der Waals surface area contributed by atoms with Gasteiger partial charge in [0, 0.05) is 25.5 Å². The number of guanidine groups is 1. The van der Waals surface area contributed by atoms with Gasteiger partial charge < -0.3 is 15.0 Å². The number of ether oxygens (including phenoxy) is 1. The van der Waals surface area contributed by atoms with E-state index in [0.717, 1.165) is 24.7 Å². The molecule has 2 heterocycles. The summed E-state index contributed by atoms with van der Waals surface area (Å²) in [6.45, 7) is 2.23. The van der Waals surface area contributed by atoms with Crippen LogP contribution in [0.1, 0.15) is 5.56 Å². The Hall–Kier alpha value is -2.56. The smallest absolute Gasteiger partial charge is 0.198 e. The number of hydrogen-bond donors (Lipinski definition) is 1. The van der Waals surface area contributed by atoms with E-state index < -0.39 is 0 Å². The van der Waals surface area contributed by atoms with Crippen molar-refractivity contribution in [2.75, 3.05) is 31.6 Å². The van der Waals surface area contributed by atoms with Crippen LogP contribution in [0, 0.1) is 0 Å². The van der Waals surface area contributed by atoms with E-state index in [4.69, 9.17) is 4.74 Å². The Kier molecular flexibility index (Phi) is 4.53. The van der Waals surface area contributed by atoms with Gasteiger partial charge in [-0.1, -0.05) is 18.2 Å². The van der Waals surface area contributed by atoms with Gasteiger partial charge in [0.25, 0.3) is 0 Å². The first kappa shape index (κ1) is 14.4. The van der Waals surface area contributed by atoms with Crippen LogP contribution in [0.3, 0.4) is 0 Å². The molecule has 22 heavy (non-hydrogen) atoms. The van der Waals surface area contributed by atoms with Crippen molar-refractivity contribution in [1.29, 1.82) is 0 Å². The molecule has 1 aromatic heterocycles. The van der Waals surface area contributed by atoms with E-state index in [1.807, 2.05) is 19.2 Å². The first-order valence-electron chi connectivity index (χ1n) is 7.47. The van der Waals surface area contributed by atoms with Crippen LogP contribution < -0.4 is 15.0 Å². The molecule has 0 atom stereocenters. The molecule has 0 saturated heterocycles. The van der Waals surface area contributed by atoms with Gasteiger partial charge in [-0.25, -0.2) is 0 Å². The predicted octanol–water partition coefficient (Wildman–Crippen LogP) is 2.10. The lowest BCUT2D eigenvalue weighted by atomic mass is 10.2. The third kappa shape index (κ3) is 3.19. The van der Waals surface area contributed by atoms with Crippen LogP contribution in [0.15, 0.2) is 53.8 Å². The number of aliphatic imine (C=N–C) groups is 1. The molecule has 1 aliphatic rings. The Morgan fingerprint density at radius 2 is 2.23 bits per heavy atom. The van der Waals surface area contributed by atoms with Gasteiger partial charge in [-0.05, 0) is 30.2 Å². The molecule has 0 amide bonds. The average molecular weight is 296 g/mol. The van der Waals surface area contributed by atoms with E-state index in [9.17, 15) is 0 Å². The number of nitrogens with one attached hydrogen (secondary N) is 1. The highest BCUT2D eigenvalue weighted by Crippen LogP contribution is 2.27. The minimum atomic E-state index is 0.570. The zero-order valence-corrected chi connectivity index (χ0v) is 12.7. The fraction of sp³-hybridized carbons (Fsp3) is 0.294. The molecule has 1 N–H and O–H groups in total. The number of para-hydroxylation sites is 1. The summed E-state index contributed by atoms with van der Waals surface area (Å²) in [5, 5.41) is 3.35. The van der Waals surface area contributed by atoms with Crippen LogP contribution in [-0.4, -0.2) is 37.7 Å². The Morgan fingerprint density at radius 3 is 3.05 bits per heavy atom. The Balaban J connectivity index is 1.53. The largest absolute Gasteiger partial charge is 0.490 e. The first-order valence-corrected chi connectivity index (χ1v) is 7.47. The molecule has 1 aliphatic heterocycles. The zero-order valence-electron chi connectivity index (χ0n) is 12.7. The van der Waals surface area contributed by atoms with Crippen LogP contribution in [0.2, 0.25) is 0 Å². The summed E-state index contributed by atoms with van der Waals surface area (Å²) >= 11 is 0. The normalized spacial score (nSPS) is 13.9. The highest BCUT2D eigenvalue weighted by molar-refractivity contribution is 5.97. The molecule has 114 valence electrons. The van der Waals surface area contributed by atoms with Crippen LogP contribution in [0.25, 0.3) is 0 Å². The molecule has 0 aliphatic carbocycles. The van der Waals surface area contributed by atoms with Gasteiger partial charge in [0.15, 0.2) is 5.96 Å². The second kappa shape index (κ2) is 6.93. The van der Waals surface area contributed by atoms with Crippen molar-refractivity contribution in [3.63, 3.8) is 0 Å². The molecule has 5 nitrogen and oxygen atoms in total. The van der Waals surface area contributed by atoms with E-state index in [0.29, 0.717) is 13.2 Å². The molecule has 0 fully saturated rings. The van der Waals surface area contributed by atoms with Crippen LogP contribution in [-0.2, 0) is 6.42 Å². The molecule has 3 rings (SSSR count). The Labute approximate surface area is 130 Å². The summed E-state index contributed by atoms with van der Waals surface area (Å²) < 4.78 is 5.63. The summed E-state index contributed by atoms with van der Waals surface area (Å²) in [5.41, 5.74) is 2.61. The number of fused-ring (bicyclic) bond motifs is 1. The van der Waals surface area contributed by atoms with Gasteiger partial charge in [-0.15, -0.1) is 0 Å². The van der Waals surface area contributed by atoms with Gasteiger partial charge in [-0.2, -0.15) is 0 Å². The number of aromatic nitrogens is 1. The van der Waals surface area contributed by atoms with Crippen molar-refractivity contribution in [1.82, 2.24) is 10.3 Å². The highest BCUT2D eigenvalue weighted by Gasteiger charge is 2.21. The fourth-order valence-corrected chi connectivity index (χ4v) is 2.62. The summed E-state index contributed by atoms with van der Waals surface area (Å²) in [6.07, 6.45) is 4.51. The van der Waals surface area contributed by atoms with E-state index in [1.54, 1.807) is 12.4 Å². The Bertz CT molecular complexity index is 642. The maximum atomic E-state index is 5.63. The zero-order chi connectivity index (χ0) is 15.2. The van der Waals surface area contributed by atoms with Gasteiger partial charge >= 0.3 is 0 Å². The molecule has 0 saturated carbocycles. The summed E-state index contributed by atoms with van der Waals surface area (Å²) in [6, 6.07) is 12.2. The van der Waals surface area contributed by atoms with E-state index in [2.05, 4.69) is 44.5 Å². The summed E-state index contributed by atoms with van der Waals surface area (Å²) in [5.74, 6) is 1.67. The van der Waals surface area contributed by atoms with Gasteiger partial charge in [-0.3, -0.25) is 9.98 Å². The second-order valence-electron chi connectivity index (χ2n) is 5.04. The molecule has 0 unspecified atom stereocenters. The van der Waals surface area contributed by atoms with Crippen molar-refractivity contribution >= 4 is 11.6 Å².